The Morgan fingerprint density at radius 3 is 2.23 bits per heavy atom. The van der Waals surface area contributed by atoms with E-state index in [2.05, 4.69) is 24.3 Å². The first-order valence-electron chi connectivity index (χ1n) is 10.6. The molecule has 1 aliphatic carbocycles. The minimum atomic E-state index is -0.0413. The highest BCUT2D eigenvalue weighted by molar-refractivity contribution is 8.00. The summed E-state index contributed by atoms with van der Waals surface area (Å²) >= 11 is 1.44. The molecule has 6 nitrogen and oxygen atoms in total. The van der Waals surface area contributed by atoms with E-state index in [-0.39, 0.29) is 17.6 Å². The van der Waals surface area contributed by atoms with E-state index in [1.165, 1.54) is 22.9 Å². The van der Waals surface area contributed by atoms with Crippen molar-refractivity contribution in [2.75, 3.05) is 33.1 Å². The molecule has 1 fully saturated rings. The van der Waals surface area contributed by atoms with E-state index in [1.54, 1.807) is 24.2 Å². The number of carbonyl (C=O) groups excluding carboxylic acids is 2. The maximum atomic E-state index is 13.0. The third-order valence-electron chi connectivity index (χ3n) is 5.92. The molecule has 7 heteroatoms. The first-order chi connectivity index (χ1) is 15.1. The molecule has 1 heterocycles. The summed E-state index contributed by atoms with van der Waals surface area (Å²) in [4.78, 5) is 26.8. The van der Waals surface area contributed by atoms with Gasteiger partial charge < -0.3 is 9.47 Å². The maximum absolute atomic E-state index is 13.0. The van der Waals surface area contributed by atoms with Crippen molar-refractivity contribution in [2.24, 2.45) is 5.92 Å². The van der Waals surface area contributed by atoms with Gasteiger partial charge in [0.15, 0.2) is 11.5 Å². The molecule has 0 aromatic heterocycles. The highest BCUT2D eigenvalue weighted by Gasteiger charge is 2.33. The molecule has 1 saturated heterocycles. The standard InChI is InChI=1S/C24H28N2O4S/c1-29-21-9-8-20(15-22(21)30-2)31-16-24(28)26-11-5-10-25(26)23(27)14-17-12-18-6-3-4-7-19(18)13-17/h3-4,6-9,15,17H,5,10-14,16H2,1-2H3. The summed E-state index contributed by atoms with van der Waals surface area (Å²) in [6.07, 6.45) is 3.20. The van der Waals surface area contributed by atoms with Gasteiger partial charge in [0.05, 0.1) is 20.0 Å². The van der Waals surface area contributed by atoms with E-state index in [0.717, 1.165) is 24.2 Å². The molecule has 2 aromatic carbocycles. The van der Waals surface area contributed by atoms with Gasteiger partial charge in [-0.25, -0.2) is 0 Å². The van der Waals surface area contributed by atoms with Crippen molar-refractivity contribution in [1.29, 1.82) is 0 Å². The number of hydrogen-bond donors (Lipinski definition) is 0. The summed E-state index contributed by atoms with van der Waals surface area (Å²) in [5, 5.41) is 3.30. The van der Waals surface area contributed by atoms with Crippen molar-refractivity contribution >= 4 is 23.6 Å². The van der Waals surface area contributed by atoms with Crippen LogP contribution in [-0.2, 0) is 22.4 Å². The average Bonchev–Trinajstić information content (AvgIpc) is 3.44. The van der Waals surface area contributed by atoms with Gasteiger partial charge in [-0.1, -0.05) is 24.3 Å². The summed E-state index contributed by atoms with van der Waals surface area (Å²) in [6.45, 7) is 1.22. The summed E-state index contributed by atoms with van der Waals surface area (Å²) < 4.78 is 10.6. The molecule has 0 unspecified atom stereocenters. The summed E-state index contributed by atoms with van der Waals surface area (Å²) in [7, 11) is 3.19. The first-order valence-corrected chi connectivity index (χ1v) is 11.6. The van der Waals surface area contributed by atoms with Crippen LogP contribution in [0.1, 0.15) is 24.0 Å². The van der Waals surface area contributed by atoms with E-state index in [1.807, 2.05) is 18.2 Å². The topological polar surface area (TPSA) is 59.1 Å². The van der Waals surface area contributed by atoms with Gasteiger partial charge in [-0.3, -0.25) is 19.6 Å². The largest absolute Gasteiger partial charge is 0.493 e. The molecule has 0 saturated carbocycles. The third kappa shape index (κ3) is 4.82. The van der Waals surface area contributed by atoms with E-state index in [0.29, 0.717) is 36.9 Å². The van der Waals surface area contributed by atoms with E-state index in [4.69, 9.17) is 9.47 Å². The number of amides is 2. The number of thioether (sulfide) groups is 1. The van der Waals surface area contributed by atoms with Crippen LogP contribution in [0.15, 0.2) is 47.4 Å². The van der Waals surface area contributed by atoms with Crippen LogP contribution in [-0.4, -0.2) is 54.9 Å². The first kappa shape index (κ1) is 21.6. The van der Waals surface area contributed by atoms with Gasteiger partial charge in [-0.05, 0) is 54.5 Å². The number of nitrogens with zero attached hydrogens (tertiary/aromatic N) is 2. The smallest absolute Gasteiger partial charge is 0.251 e. The Morgan fingerprint density at radius 2 is 1.58 bits per heavy atom. The van der Waals surface area contributed by atoms with Gasteiger partial charge in [0.1, 0.15) is 0 Å². The predicted molar refractivity (Wildman–Crippen MR) is 120 cm³/mol. The number of hydrazine groups is 1. The van der Waals surface area contributed by atoms with Crippen LogP contribution in [0.5, 0.6) is 11.5 Å². The van der Waals surface area contributed by atoms with E-state index >= 15 is 0 Å². The van der Waals surface area contributed by atoms with Gasteiger partial charge in [0.25, 0.3) is 5.91 Å². The van der Waals surface area contributed by atoms with Crippen molar-refractivity contribution < 1.29 is 19.1 Å². The predicted octanol–water partition coefficient (Wildman–Crippen LogP) is 3.58. The van der Waals surface area contributed by atoms with Crippen LogP contribution in [0, 0.1) is 5.92 Å². The van der Waals surface area contributed by atoms with Gasteiger partial charge in [-0.15, -0.1) is 11.8 Å². The molecule has 31 heavy (non-hydrogen) atoms. The molecule has 0 bridgehead atoms. The fraction of sp³-hybridized carbons (Fsp3) is 0.417. The normalized spacial score (nSPS) is 15.8. The lowest BCUT2D eigenvalue weighted by atomic mass is 10.0. The number of rotatable bonds is 7. The fourth-order valence-electron chi connectivity index (χ4n) is 4.40. The second-order valence-corrected chi connectivity index (χ2v) is 8.99. The van der Waals surface area contributed by atoms with Gasteiger partial charge in [0.2, 0.25) is 5.91 Å². The minimum absolute atomic E-state index is 0.0413. The third-order valence-corrected chi connectivity index (χ3v) is 6.90. The lowest BCUT2D eigenvalue weighted by Crippen LogP contribution is -2.46. The number of methoxy groups -OCH3 is 2. The molecule has 2 amide bonds. The zero-order valence-electron chi connectivity index (χ0n) is 18.0. The van der Waals surface area contributed by atoms with Crippen LogP contribution in [0.25, 0.3) is 0 Å². The fourth-order valence-corrected chi connectivity index (χ4v) is 5.20. The Balaban J connectivity index is 1.32. The van der Waals surface area contributed by atoms with Crippen LogP contribution in [0.3, 0.4) is 0 Å². The second kappa shape index (κ2) is 9.64. The lowest BCUT2D eigenvalue weighted by molar-refractivity contribution is -0.156. The molecule has 0 radical (unpaired) electrons. The molecule has 1 aliphatic heterocycles. The molecule has 4 rings (SSSR count). The summed E-state index contributed by atoms with van der Waals surface area (Å²) in [5.74, 6) is 1.90. The Morgan fingerprint density at radius 1 is 0.935 bits per heavy atom. The van der Waals surface area contributed by atoms with E-state index < -0.39 is 0 Å². The Kier molecular flexibility index (Phi) is 6.70. The van der Waals surface area contributed by atoms with Gasteiger partial charge >= 0.3 is 0 Å². The zero-order chi connectivity index (χ0) is 21.8. The Hall–Kier alpha value is -2.67. The minimum Gasteiger partial charge on any atom is -0.493 e. The van der Waals surface area contributed by atoms with Crippen LogP contribution < -0.4 is 9.47 Å². The van der Waals surface area contributed by atoms with E-state index in [9.17, 15) is 9.59 Å². The number of ether oxygens (including phenoxy) is 2. The van der Waals surface area contributed by atoms with Gasteiger partial charge in [-0.2, -0.15) is 0 Å². The van der Waals surface area contributed by atoms with Crippen LogP contribution in [0.4, 0.5) is 0 Å². The van der Waals surface area contributed by atoms with Crippen molar-refractivity contribution in [3.63, 3.8) is 0 Å². The highest BCUT2D eigenvalue weighted by atomic mass is 32.2. The average molecular weight is 441 g/mol. The molecular formula is C24H28N2O4S. The van der Waals surface area contributed by atoms with Crippen molar-refractivity contribution in [1.82, 2.24) is 10.0 Å². The number of hydrogen-bond acceptors (Lipinski definition) is 5. The quantitative estimate of drug-likeness (QED) is 0.616. The second-order valence-electron chi connectivity index (χ2n) is 7.94. The number of fused-ring (bicyclic) bond motifs is 1. The monoisotopic (exact) mass is 440 g/mol. The Bertz CT molecular complexity index is 939. The Labute approximate surface area is 187 Å². The molecule has 2 aromatic rings. The number of carbonyl (C=O) groups is 2. The van der Waals surface area contributed by atoms with Crippen molar-refractivity contribution in [3.05, 3.63) is 53.6 Å². The van der Waals surface area contributed by atoms with Crippen molar-refractivity contribution in [2.45, 2.75) is 30.6 Å². The molecule has 164 valence electrons. The summed E-state index contributed by atoms with van der Waals surface area (Å²) in [6, 6.07) is 14.0. The zero-order valence-corrected chi connectivity index (χ0v) is 18.8. The molecule has 2 aliphatic rings. The number of benzene rings is 2. The highest BCUT2D eigenvalue weighted by Crippen LogP contribution is 2.33. The lowest BCUT2D eigenvalue weighted by Gasteiger charge is -2.28. The summed E-state index contributed by atoms with van der Waals surface area (Å²) in [5.41, 5.74) is 2.70. The van der Waals surface area contributed by atoms with Crippen LogP contribution in [0.2, 0.25) is 0 Å². The molecular weight excluding hydrogens is 412 g/mol. The van der Waals surface area contributed by atoms with Crippen LogP contribution >= 0.6 is 11.8 Å². The molecule has 0 spiro atoms. The molecule has 0 N–H and O–H groups in total. The van der Waals surface area contributed by atoms with Crippen molar-refractivity contribution in [3.8, 4) is 11.5 Å². The maximum Gasteiger partial charge on any atom is 0.251 e. The SMILES string of the molecule is COc1ccc(SCC(=O)N2CCCN2C(=O)CC2Cc3ccccc3C2)cc1OC. The van der Waals surface area contributed by atoms with Gasteiger partial charge in [0, 0.05) is 24.4 Å². The molecule has 0 atom stereocenters.